The molecule has 138 valence electrons. The summed E-state index contributed by atoms with van der Waals surface area (Å²) in [5.41, 5.74) is 7.29. The first-order valence-corrected chi connectivity index (χ1v) is 9.50. The fourth-order valence-corrected chi connectivity index (χ4v) is 4.21. The van der Waals surface area contributed by atoms with Crippen molar-refractivity contribution in [2.45, 2.75) is 57.4 Å². The van der Waals surface area contributed by atoms with E-state index < -0.39 is 0 Å². The second-order valence-electron chi connectivity index (χ2n) is 7.58. The lowest BCUT2D eigenvalue weighted by Gasteiger charge is -2.38. The predicted octanol–water partition coefficient (Wildman–Crippen LogP) is 2.18. The third-order valence-corrected chi connectivity index (χ3v) is 5.28. The maximum atomic E-state index is 12.8. The van der Waals surface area contributed by atoms with Gasteiger partial charge in [0.1, 0.15) is 0 Å². The predicted molar refractivity (Wildman–Crippen MR) is 99.2 cm³/mol. The van der Waals surface area contributed by atoms with Gasteiger partial charge in [0.15, 0.2) is 0 Å². The Morgan fingerprint density at radius 3 is 2.60 bits per heavy atom. The molecule has 2 N–H and O–H groups in total. The number of carbonyl (C=O) groups excluding carboxylic acids is 1. The standard InChI is InChI=1S/C20H31N3O2/c1-15-12-22(13-16(2)25-15)14-18-9-6-10-23(18)20(24)11-19(21)17-7-4-3-5-8-17/h3-5,7-8,15-16,18-19H,6,9-14,21H2,1-2H3. The summed E-state index contributed by atoms with van der Waals surface area (Å²) in [5, 5.41) is 0. The molecule has 5 heteroatoms. The molecule has 2 aliphatic rings. The van der Waals surface area contributed by atoms with Crippen LogP contribution in [-0.4, -0.2) is 60.1 Å². The smallest absolute Gasteiger partial charge is 0.224 e. The van der Waals surface area contributed by atoms with Crippen LogP contribution in [0.2, 0.25) is 0 Å². The Balaban J connectivity index is 1.56. The maximum Gasteiger partial charge on any atom is 0.224 e. The highest BCUT2D eigenvalue weighted by Crippen LogP contribution is 2.23. The van der Waals surface area contributed by atoms with Gasteiger partial charge in [-0.05, 0) is 32.3 Å². The molecule has 0 aromatic heterocycles. The van der Waals surface area contributed by atoms with E-state index in [4.69, 9.17) is 10.5 Å². The second-order valence-corrected chi connectivity index (χ2v) is 7.58. The Labute approximate surface area is 151 Å². The third kappa shape index (κ3) is 4.81. The molecule has 2 aliphatic heterocycles. The summed E-state index contributed by atoms with van der Waals surface area (Å²) in [4.78, 5) is 17.3. The van der Waals surface area contributed by atoms with E-state index in [1.54, 1.807) is 0 Å². The molecule has 25 heavy (non-hydrogen) atoms. The second kappa shape index (κ2) is 8.30. The molecule has 0 bridgehead atoms. The summed E-state index contributed by atoms with van der Waals surface area (Å²) in [6.45, 7) is 7.96. The highest BCUT2D eigenvalue weighted by atomic mass is 16.5. The average molecular weight is 345 g/mol. The van der Waals surface area contributed by atoms with Gasteiger partial charge < -0.3 is 15.4 Å². The lowest BCUT2D eigenvalue weighted by Crippen LogP contribution is -2.51. The Hall–Kier alpha value is -1.43. The van der Waals surface area contributed by atoms with E-state index >= 15 is 0 Å². The van der Waals surface area contributed by atoms with Gasteiger partial charge in [-0.3, -0.25) is 9.69 Å². The molecule has 2 heterocycles. The van der Waals surface area contributed by atoms with Crippen LogP contribution in [0.25, 0.3) is 0 Å². The summed E-state index contributed by atoms with van der Waals surface area (Å²) < 4.78 is 5.82. The minimum atomic E-state index is -0.224. The number of likely N-dealkylation sites (tertiary alicyclic amines) is 1. The van der Waals surface area contributed by atoms with Crippen LogP contribution in [0.15, 0.2) is 30.3 Å². The minimum Gasteiger partial charge on any atom is -0.373 e. The zero-order valence-corrected chi connectivity index (χ0v) is 15.4. The van der Waals surface area contributed by atoms with Crippen LogP contribution in [0.1, 0.15) is 44.7 Å². The molecule has 3 rings (SSSR count). The molecule has 0 aliphatic carbocycles. The quantitative estimate of drug-likeness (QED) is 0.889. The van der Waals surface area contributed by atoms with Gasteiger partial charge in [0.25, 0.3) is 0 Å². The van der Waals surface area contributed by atoms with Crippen LogP contribution in [0, 0.1) is 0 Å². The topological polar surface area (TPSA) is 58.8 Å². The van der Waals surface area contributed by atoms with Gasteiger partial charge in [0, 0.05) is 44.7 Å². The number of nitrogens with zero attached hydrogens (tertiary/aromatic N) is 2. The fraction of sp³-hybridized carbons (Fsp3) is 0.650. The molecule has 1 amide bonds. The number of rotatable bonds is 5. The number of carbonyl (C=O) groups is 1. The first-order chi connectivity index (χ1) is 12.0. The van der Waals surface area contributed by atoms with Gasteiger partial charge in [-0.15, -0.1) is 0 Å². The van der Waals surface area contributed by atoms with Crippen molar-refractivity contribution in [1.82, 2.24) is 9.80 Å². The summed E-state index contributed by atoms with van der Waals surface area (Å²) in [5.74, 6) is 0.188. The van der Waals surface area contributed by atoms with Crippen molar-refractivity contribution in [2.75, 3.05) is 26.2 Å². The molecule has 2 saturated heterocycles. The number of nitrogens with two attached hydrogens (primary N) is 1. The van der Waals surface area contributed by atoms with Gasteiger partial charge in [0.2, 0.25) is 5.91 Å². The van der Waals surface area contributed by atoms with Crippen LogP contribution < -0.4 is 5.73 Å². The summed E-state index contributed by atoms with van der Waals surface area (Å²) >= 11 is 0. The van der Waals surface area contributed by atoms with E-state index in [-0.39, 0.29) is 24.2 Å². The fourth-order valence-electron chi connectivity index (χ4n) is 4.21. The highest BCUT2D eigenvalue weighted by molar-refractivity contribution is 5.77. The van der Waals surface area contributed by atoms with Gasteiger partial charge in [-0.25, -0.2) is 0 Å². The van der Waals surface area contributed by atoms with Crippen molar-refractivity contribution in [2.24, 2.45) is 5.73 Å². The summed E-state index contributed by atoms with van der Waals surface area (Å²) in [7, 11) is 0. The van der Waals surface area contributed by atoms with Crippen LogP contribution in [0.4, 0.5) is 0 Å². The van der Waals surface area contributed by atoms with Crippen molar-refractivity contribution in [3.63, 3.8) is 0 Å². The summed E-state index contributed by atoms with van der Waals surface area (Å²) in [6.07, 6.45) is 3.09. The lowest BCUT2D eigenvalue weighted by atomic mass is 10.0. The first-order valence-electron chi connectivity index (χ1n) is 9.50. The van der Waals surface area contributed by atoms with Crippen LogP contribution in [0.3, 0.4) is 0 Å². The Morgan fingerprint density at radius 2 is 1.92 bits per heavy atom. The molecule has 0 spiro atoms. The van der Waals surface area contributed by atoms with E-state index in [1.165, 1.54) is 0 Å². The SMILES string of the molecule is CC1CN(CC2CCCN2C(=O)CC(N)c2ccccc2)CC(C)O1. The molecular formula is C20H31N3O2. The molecule has 1 aromatic rings. The lowest BCUT2D eigenvalue weighted by molar-refractivity contribution is -0.133. The molecular weight excluding hydrogens is 314 g/mol. The molecule has 4 atom stereocenters. The molecule has 5 nitrogen and oxygen atoms in total. The number of morpholine rings is 1. The van der Waals surface area contributed by atoms with Gasteiger partial charge in [-0.2, -0.15) is 0 Å². The van der Waals surface area contributed by atoms with Crippen molar-refractivity contribution < 1.29 is 9.53 Å². The average Bonchev–Trinajstić information content (AvgIpc) is 3.03. The number of benzene rings is 1. The van der Waals surface area contributed by atoms with Crippen LogP contribution >= 0.6 is 0 Å². The number of hydrogen-bond acceptors (Lipinski definition) is 4. The molecule has 0 saturated carbocycles. The van der Waals surface area contributed by atoms with E-state index in [0.717, 1.165) is 44.6 Å². The minimum absolute atomic E-state index is 0.188. The molecule has 1 aromatic carbocycles. The number of hydrogen-bond donors (Lipinski definition) is 1. The molecule has 4 unspecified atom stereocenters. The van der Waals surface area contributed by atoms with Crippen molar-refractivity contribution in [3.8, 4) is 0 Å². The van der Waals surface area contributed by atoms with Crippen LogP contribution in [-0.2, 0) is 9.53 Å². The largest absolute Gasteiger partial charge is 0.373 e. The molecule has 2 fully saturated rings. The van der Waals surface area contributed by atoms with Crippen molar-refractivity contribution >= 4 is 5.91 Å². The zero-order chi connectivity index (χ0) is 17.8. The zero-order valence-electron chi connectivity index (χ0n) is 15.4. The number of amides is 1. The van der Waals surface area contributed by atoms with Gasteiger partial charge in [0.05, 0.1) is 12.2 Å². The maximum absolute atomic E-state index is 12.8. The number of ether oxygens (including phenoxy) is 1. The monoisotopic (exact) mass is 345 g/mol. The van der Waals surface area contributed by atoms with E-state index in [0.29, 0.717) is 12.5 Å². The first kappa shape index (κ1) is 18.4. The van der Waals surface area contributed by atoms with Crippen molar-refractivity contribution in [1.29, 1.82) is 0 Å². The van der Waals surface area contributed by atoms with Crippen molar-refractivity contribution in [3.05, 3.63) is 35.9 Å². The van der Waals surface area contributed by atoms with Gasteiger partial charge in [-0.1, -0.05) is 30.3 Å². The third-order valence-electron chi connectivity index (χ3n) is 5.28. The van der Waals surface area contributed by atoms with E-state index in [9.17, 15) is 4.79 Å². The van der Waals surface area contributed by atoms with Crippen LogP contribution in [0.5, 0.6) is 0 Å². The van der Waals surface area contributed by atoms with Gasteiger partial charge >= 0.3 is 0 Å². The Morgan fingerprint density at radius 1 is 1.24 bits per heavy atom. The Bertz CT molecular complexity index is 555. The molecule has 0 radical (unpaired) electrons. The van der Waals surface area contributed by atoms with E-state index in [2.05, 4.69) is 23.6 Å². The normalized spacial score (nSPS) is 28.9. The Kier molecular flexibility index (Phi) is 6.10. The summed E-state index contributed by atoms with van der Waals surface area (Å²) in [6, 6.07) is 9.99. The van der Waals surface area contributed by atoms with E-state index in [1.807, 2.05) is 30.3 Å². The highest BCUT2D eigenvalue weighted by Gasteiger charge is 2.32.